The van der Waals surface area contributed by atoms with Gasteiger partial charge in [0.1, 0.15) is 5.82 Å². The van der Waals surface area contributed by atoms with Crippen molar-refractivity contribution >= 4 is 5.82 Å². The van der Waals surface area contributed by atoms with Gasteiger partial charge in [0.25, 0.3) is 0 Å². The van der Waals surface area contributed by atoms with Crippen LogP contribution in [0.15, 0.2) is 18.2 Å². The van der Waals surface area contributed by atoms with Crippen LogP contribution in [-0.4, -0.2) is 30.7 Å². The van der Waals surface area contributed by atoms with Gasteiger partial charge in [-0.15, -0.1) is 0 Å². The lowest BCUT2D eigenvalue weighted by atomic mass is 10.3. The molecule has 1 aliphatic rings. The highest BCUT2D eigenvalue weighted by Crippen LogP contribution is 2.19. The van der Waals surface area contributed by atoms with Crippen LogP contribution in [0, 0.1) is 0 Å². The minimum absolute atomic E-state index is 0.280. The maximum atomic E-state index is 5.86. The Bertz CT molecular complexity index is 329. The topological polar surface area (TPSA) is 51.4 Å². The van der Waals surface area contributed by atoms with Crippen molar-refractivity contribution < 1.29 is 4.74 Å². The number of ether oxygens (including phenoxy) is 1. The Balaban J connectivity index is 2.10. The molecule has 82 valence electrons. The highest BCUT2D eigenvalue weighted by Gasteiger charge is 2.20. The Morgan fingerprint density at radius 2 is 2.47 bits per heavy atom. The number of pyridine rings is 1. The van der Waals surface area contributed by atoms with Gasteiger partial charge in [0.05, 0.1) is 6.61 Å². The van der Waals surface area contributed by atoms with Gasteiger partial charge in [0.15, 0.2) is 0 Å². The molecule has 0 aromatic carbocycles. The zero-order valence-corrected chi connectivity index (χ0v) is 9.02. The molecular formula is C11H17N3O. The predicted molar refractivity (Wildman–Crippen MR) is 60.2 cm³/mol. The minimum Gasteiger partial charge on any atom is -0.478 e. The molecule has 1 fully saturated rings. The first-order valence-corrected chi connectivity index (χ1v) is 5.40. The molecular weight excluding hydrogens is 190 g/mol. The van der Waals surface area contributed by atoms with Crippen LogP contribution >= 0.6 is 0 Å². The predicted octanol–water partition coefficient (Wildman–Crippen LogP) is 1.02. The fourth-order valence-electron chi connectivity index (χ4n) is 1.80. The van der Waals surface area contributed by atoms with Crippen molar-refractivity contribution in [3.8, 4) is 5.88 Å². The quantitative estimate of drug-likeness (QED) is 0.804. The monoisotopic (exact) mass is 207 g/mol. The van der Waals surface area contributed by atoms with Gasteiger partial charge in [-0.2, -0.15) is 4.98 Å². The van der Waals surface area contributed by atoms with E-state index in [9.17, 15) is 0 Å². The molecule has 1 aliphatic heterocycles. The summed E-state index contributed by atoms with van der Waals surface area (Å²) in [5, 5.41) is 0. The zero-order chi connectivity index (χ0) is 10.7. The van der Waals surface area contributed by atoms with Crippen molar-refractivity contribution in [3.05, 3.63) is 18.2 Å². The van der Waals surface area contributed by atoms with E-state index in [-0.39, 0.29) is 6.04 Å². The minimum atomic E-state index is 0.280. The summed E-state index contributed by atoms with van der Waals surface area (Å²) in [6.45, 7) is 4.49. The summed E-state index contributed by atoms with van der Waals surface area (Å²) >= 11 is 0. The SMILES string of the molecule is CCOc1cccc(N2CCC(N)C2)n1. The first-order chi connectivity index (χ1) is 7.29. The van der Waals surface area contributed by atoms with E-state index in [1.165, 1.54) is 0 Å². The first-order valence-electron chi connectivity index (χ1n) is 5.40. The number of rotatable bonds is 3. The van der Waals surface area contributed by atoms with E-state index in [2.05, 4.69) is 9.88 Å². The van der Waals surface area contributed by atoms with Gasteiger partial charge < -0.3 is 15.4 Å². The Hall–Kier alpha value is -1.29. The van der Waals surface area contributed by atoms with E-state index < -0.39 is 0 Å². The summed E-state index contributed by atoms with van der Waals surface area (Å²) in [7, 11) is 0. The van der Waals surface area contributed by atoms with Crippen molar-refractivity contribution in [3.63, 3.8) is 0 Å². The van der Waals surface area contributed by atoms with Gasteiger partial charge in [-0.05, 0) is 19.4 Å². The summed E-state index contributed by atoms with van der Waals surface area (Å²) in [6.07, 6.45) is 1.04. The normalized spacial score (nSPS) is 20.7. The van der Waals surface area contributed by atoms with Gasteiger partial charge in [-0.1, -0.05) is 6.07 Å². The number of nitrogens with two attached hydrogens (primary N) is 1. The van der Waals surface area contributed by atoms with Gasteiger partial charge in [-0.25, -0.2) is 0 Å². The van der Waals surface area contributed by atoms with Crippen LogP contribution in [0.5, 0.6) is 5.88 Å². The molecule has 4 nitrogen and oxygen atoms in total. The number of aromatic nitrogens is 1. The highest BCUT2D eigenvalue weighted by atomic mass is 16.5. The van der Waals surface area contributed by atoms with Gasteiger partial charge in [0, 0.05) is 25.2 Å². The van der Waals surface area contributed by atoms with E-state index >= 15 is 0 Å². The van der Waals surface area contributed by atoms with E-state index in [0.717, 1.165) is 25.3 Å². The van der Waals surface area contributed by atoms with Crippen LogP contribution in [0.25, 0.3) is 0 Å². The molecule has 1 unspecified atom stereocenters. The molecule has 2 heterocycles. The van der Waals surface area contributed by atoms with Gasteiger partial charge >= 0.3 is 0 Å². The largest absolute Gasteiger partial charge is 0.478 e. The van der Waals surface area contributed by atoms with Crippen LogP contribution in [0.4, 0.5) is 5.82 Å². The zero-order valence-electron chi connectivity index (χ0n) is 9.02. The standard InChI is InChI=1S/C11H17N3O/c1-2-15-11-5-3-4-10(13-11)14-7-6-9(12)8-14/h3-5,9H,2,6-8,12H2,1H3. The van der Waals surface area contributed by atoms with Gasteiger partial charge in [-0.3, -0.25) is 0 Å². The number of hydrogen-bond donors (Lipinski definition) is 1. The summed E-state index contributed by atoms with van der Waals surface area (Å²) in [6, 6.07) is 6.13. The van der Waals surface area contributed by atoms with Crippen molar-refractivity contribution in [2.24, 2.45) is 5.73 Å². The van der Waals surface area contributed by atoms with Crippen LogP contribution < -0.4 is 15.4 Å². The summed E-state index contributed by atoms with van der Waals surface area (Å²) < 4.78 is 5.36. The molecule has 15 heavy (non-hydrogen) atoms. The van der Waals surface area contributed by atoms with Crippen LogP contribution in [0.3, 0.4) is 0 Å². The molecule has 1 atom stereocenters. The van der Waals surface area contributed by atoms with Crippen molar-refractivity contribution in [1.82, 2.24) is 4.98 Å². The molecule has 0 amide bonds. The molecule has 0 saturated carbocycles. The van der Waals surface area contributed by atoms with Crippen molar-refractivity contribution in [2.75, 3.05) is 24.6 Å². The molecule has 1 saturated heterocycles. The van der Waals surface area contributed by atoms with Crippen molar-refractivity contribution in [1.29, 1.82) is 0 Å². The van der Waals surface area contributed by atoms with Crippen LogP contribution in [0.1, 0.15) is 13.3 Å². The molecule has 0 aliphatic carbocycles. The maximum absolute atomic E-state index is 5.86. The fraction of sp³-hybridized carbons (Fsp3) is 0.545. The van der Waals surface area contributed by atoms with Crippen molar-refractivity contribution in [2.45, 2.75) is 19.4 Å². The Morgan fingerprint density at radius 3 is 3.13 bits per heavy atom. The second-order valence-corrected chi connectivity index (χ2v) is 3.76. The fourth-order valence-corrected chi connectivity index (χ4v) is 1.80. The Morgan fingerprint density at radius 1 is 1.60 bits per heavy atom. The van der Waals surface area contributed by atoms with E-state index in [1.54, 1.807) is 0 Å². The average Bonchev–Trinajstić information content (AvgIpc) is 2.66. The lowest BCUT2D eigenvalue weighted by molar-refractivity contribution is 0.327. The lowest BCUT2D eigenvalue weighted by Gasteiger charge is -2.17. The molecule has 0 spiro atoms. The molecule has 0 bridgehead atoms. The van der Waals surface area contributed by atoms with E-state index in [0.29, 0.717) is 12.5 Å². The molecule has 4 heteroatoms. The lowest BCUT2D eigenvalue weighted by Crippen LogP contribution is -2.26. The van der Waals surface area contributed by atoms with E-state index in [1.807, 2.05) is 25.1 Å². The molecule has 1 aromatic rings. The molecule has 1 aromatic heterocycles. The van der Waals surface area contributed by atoms with Gasteiger partial charge in [0.2, 0.25) is 5.88 Å². The third-order valence-electron chi connectivity index (χ3n) is 2.55. The summed E-state index contributed by atoms with van der Waals surface area (Å²) in [5.74, 6) is 1.66. The Labute approximate surface area is 90.0 Å². The smallest absolute Gasteiger partial charge is 0.215 e. The third-order valence-corrected chi connectivity index (χ3v) is 2.55. The third kappa shape index (κ3) is 2.39. The first kappa shape index (κ1) is 10.2. The van der Waals surface area contributed by atoms with Crippen LogP contribution in [0.2, 0.25) is 0 Å². The number of anilines is 1. The number of nitrogens with zero attached hydrogens (tertiary/aromatic N) is 2. The number of hydrogen-bond acceptors (Lipinski definition) is 4. The second-order valence-electron chi connectivity index (χ2n) is 3.76. The maximum Gasteiger partial charge on any atom is 0.215 e. The summed E-state index contributed by atoms with van der Waals surface area (Å²) in [4.78, 5) is 6.63. The van der Waals surface area contributed by atoms with Crippen LogP contribution in [-0.2, 0) is 0 Å². The van der Waals surface area contributed by atoms with E-state index in [4.69, 9.17) is 10.5 Å². The molecule has 2 N–H and O–H groups in total. The average molecular weight is 207 g/mol. The summed E-state index contributed by atoms with van der Waals surface area (Å²) in [5.41, 5.74) is 5.86. The Kier molecular flexibility index (Phi) is 3.06. The molecule has 2 rings (SSSR count). The second kappa shape index (κ2) is 4.49. The highest BCUT2D eigenvalue weighted by molar-refractivity contribution is 5.42. The molecule has 0 radical (unpaired) electrons.